The monoisotopic (exact) mass is 1860 g/mol. The van der Waals surface area contributed by atoms with Crippen LogP contribution in [0.3, 0.4) is 0 Å². The molecule has 0 fully saturated rings. The molecule has 6 nitrogen and oxygen atoms in total. The van der Waals surface area contributed by atoms with Gasteiger partial charge >= 0.3 is 0 Å². The van der Waals surface area contributed by atoms with Gasteiger partial charge in [0.15, 0.2) is 37.2 Å². The molecule has 139 heavy (non-hydrogen) atoms. The molecular formula is C127H140F6N6+6. The van der Waals surface area contributed by atoms with Crippen LogP contribution in [-0.4, -0.2) is 0 Å². The molecule has 714 valence electrons. The molecule has 18 rings (SSSR count). The molecule has 0 aliphatic rings. The van der Waals surface area contributed by atoms with E-state index in [-0.39, 0.29) is 34.9 Å². The maximum atomic E-state index is 14.9. The van der Waals surface area contributed by atoms with Gasteiger partial charge in [-0.05, 0) is 365 Å². The van der Waals surface area contributed by atoms with Crippen LogP contribution in [0, 0.1) is 166 Å². The number of rotatable bonds is 10. The Bertz CT molecular complexity index is 7640. The summed E-state index contributed by atoms with van der Waals surface area (Å²) in [5.74, 6) is 1.28. The van der Waals surface area contributed by atoms with Crippen molar-refractivity contribution in [2.45, 2.75) is 211 Å². The minimum absolute atomic E-state index is 0.0954. The van der Waals surface area contributed by atoms with Crippen molar-refractivity contribution in [3.63, 3.8) is 0 Å². The molecule has 0 saturated heterocycles. The number of benzene rings is 12. The zero-order valence-electron chi connectivity index (χ0n) is 88.1. The molecule has 6 heterocycles. The van der Waals surface area contributed by atoms with Crippen molar-refractivity contribution in [1.82, 2.24) is 0 Å². The molecule has 0 aliphatic carbocycles. The molecule has 0 spiro atoms. The first-order chi connectivity index (χ1) is 65.7. The zero-order chi connectivity index (χ0) is 102. The molecule has 0 atom stereocenters. The summed E-state index contributed by atoms with van der Waals surface area (Å²) < 4.78 is 99.4. The highest BCUT2D eigenvalue weighted by Gasteiger charge is 2.31. The van der Waals surface area contributed by atoms with E-state index in [1.807, 2.05) is 209 Å². The van der Waals surface area contributed by atoms with Gasteiger partial charge in [-0.15, -0.1) is 0 Å². The maximum Gasteiger partial charge on any atom is 0.223 e. The number of halogens is 6. The van der Waals surface area contributed by atoms with Crippen molar-refractivity contribution >= 4 is 64.6 Å². The zero-order valence-corrected chi connectivity index (χ0v) is 88.1. The summed E-state index contributed by atoms with van der Waals surface area (Å²) >= 11 is 0. The Morgan fingerprint density at radius 1 is 0.201 bits per heavy atom. The summed E-state index contributed by atoms with van der Waals surface area (Å²) in [4.78, 5) is 0. The van der Waals surface area contributed by atoms with Crippen molar-refractivity contribution in [2.24, 2.45) is 42.3 Å². The van der Waals surface area contributed by atoms with Crippen LogP contribution in [0.2, 0.25) is 0 Å². The summed E-state index contributed by atoms with van der Waals surface area (Å²) in [5.41, 5.74) is 34.3. The number of pyridine rings is 6. The van der Waals surface area contributed by atoms with Crippen LogP contribution in [0.5, 0.6) is 0 Å². The number of hydrogen-bond acceptors (Lipinski definition) is 0. The van der Waals surface area contributed by atoms with Crippen LogP contribution >= 0.6 is 0 Å². The van der Waals surface area contributed by atoms with E-state index in [2.05, 4.69) is 273 Å². The van der Waals surface area contributed by atoms with Gasteiger partial charge in [0.1, 0.15) is 77.2 Å². The third-order valence-corrected chi connectivity index (χ3v) is 29.1. The lowest BCUT2D eigenvalue weighted by Gasteiger charge is -2.15. The van der Waals surface area contributed by atoms with E-state index in [0.717, 1.165) is 150 Å². The molecule has 0 unspecified atom stereocenters. The third-order valence-electron chi connectivity index (χ3n) is 29.1. The van der Waals surface area contributed by atoms with Gasteiger partial charge in [0, 0.05) is 35.9 Å². The first-order valence-electron chi connectivity index (χ1n) is 48.7. The minimum Gasteiger partial charge on any atom is -0.206 e. The molecule has 18 aromatic rings. The van der Waals surface area contributed by atoms with Gasteiger partial charge in [-0.3, -0.25) is 0 Å². The Hall–Kier alpha value is -13.3. The number of aromatic nitrogens is 6. The highest BCUT2D eigenvalue weighted by atomic mass is 19.1. The van der Waals surface area contributed by atoms with Crippen LogP contribution in [0.1, 0.15) is 207 Å². The fourth-order valence-corrected chi connectivity index (χ4v) is 20.0. The fraction of sp³-hybridized carbons (Fsp3) is 0.291. The minimum atomic E-state index is -0.120. The summed E-state index contributed by atoms with van der Waals surface area (Å²) in [6.45, 7) is 54.4. The first kappa shape index (κ1) is 103. The molecule has 0 saturated carbocycles. The van der Waals surface area contributed by atoms with Crippen LogP contribution in [0.25, 0.3) is 132 Å². The van der Waals surface area contributed by atoms with Crippen LogP contribution < -0.4 is 27.4 Å². The average Bonchev–Trinajstić information content (AvgIpc) is 0.782. The van der Waals surface area contributed by atoms with Crippen molar-refractivity contribution in [3.05, 3.63) is 388 Å². The van der Waals surface area contributed by atoms with Gasteiger partial charge in [0.2, 0.25) is 34.2 Å². The van der Waals surface area contributed by atoms with Crippen LogP contribution in [-0.2, 0) is 42.3 Å². The average molecular weight is 1860 g/mol. The molecule has 0 N–H and O–H groups in total. The van der Waals surface area contributed by atoms with Crippen molar-refractivity contribution in [1.29, 1.82) is 0 Å². The van der Waals surface area contributed by atoms with Gasteiger partial charge in [-0.1, -0.05) is 158 Å². The number of hydrogen-bond donors (Lipinski definition) is 0. The highest BCUT2D eigenvalue weighted by Crippen LogP contribution is 2.42. The molecule has 0 bridgehead atoms. The van der Waals surface area contributed by atoms with E-state index >= 15 is 0 Å². The SMILES string of the molecule is Cc1cc(-c2c3cc(C(C)C)ccc3cc[n+]2C)c(C)c(C)c1F.Cc1cc(-c2c3ccc(C(C)C)cc3cc[n+]2C)c(C)c(C)c1F.Cc1cc(-c2c3cccc(C(C)C)c3cc[n+]2C)c(C)c(C)c1F.Cc1cc(-c2c3ccccc3c(C(C)C)c[n+]2C)c(C)c(C)c1F.Cc1cc(C)c(F)c(-c2c3ccccc3cc[n+]2C)c1C.Cc1ccc2cc[n+](C)c(-c3c(C)c(C)cc(C)c3F)c2c1. The molecular weight excluding hydrogens is 1720 g/mol. The highest BCUT2D eigenvalue weighted by molar-refractivity contribution is 6.00. The molecule has 0 radical (unpaired) electrons. The second-order valence-corrected chi connectivity index (χ2v) is 40.1. The molecule has 12 heteroatoms. The standard InChI is InChI=1S/4C22H25FN.C20H21FN.C19H19FN/c1-13(2)17-7-8-19-18(12-17)9-10-24(6)22(19)20-11-14(3)21(23)16(5)15(20)4;1-13(2)18-8-7-17-9-10-24(6)22(20(17)12-18)19-11-14(3)21(23)16(5)15(19)4;1-13(2)17-8-7-9-19-18(17)10-11-24(6)22(19)20-12-14(3)21(23)16(5)15(20)4;1-13(2)20-12-24(6)22(18-10-8-7-9-17(18)20)19-11-14(3)21(23)16(5)15(19)4;1-12-6-7-16-8-9-22(5)20(17(16)10-12)18-15(4)13(2)11-14(3)19(18)21;1-12-11-13(2)18(20)17(14(12)3)19-16-8-6-5-7-15(16)9-10-21(19)4/h4*7-13H,1-6H3;6-11H,1-5H3;5-11H,1-4H3/q6*+1. The second-order valence-electron chi connectivity index (χ2n) is 40.1. The lowest BCUT2D eigenvalue weighted by Crippen LogP contribution is -2.32. The molecule has 0 amide bonds. The Balaban J connectivity index is 0.000000141. The predicted octanol–water partition coefficient (Wildman–Crippen LogP) is 31.2. The van der Waals surface area contributed by atoms with E-state index in [4.69, 9.17) is 0 Å². The summed E-state index contributed by atoms with van der Waals surface area (Å²) in [7, 11) is 12.2. The van der Waals surface area contributed by atoms with Gasteiger partial charge in [-0.2, -0.15) is 0 Å². The summed E-state index contributed by atoms with van der Waals surface area (Å²) in [6, 6.07) is 65.2. The summed E-state index contributed by atoms with van der Waals surface area (Å²) in [6.07, 6.45) is 12.5. The first-order valence-corrected chi connectivity index (χ1v) is 48.7. The van der Waals surface area contributed by atoms with Crippen molar-refractivity contribution in [2.75, 3.05) is 0 Å². The van der Waals surface area contributed by atoms with Crippen LogP contribution in [0.15, 0.2) is 225 Å². The lowest BCUT2D eigenvalue weighted by molar-refractivity contribution is -0.659. The van der Waals surface area contributed by atoms with Gasteiger partial charge < -0.3 is 0 Å². The maximum absolute atomic E-state index is 14.9. The fourth-order valence-electron chi connectivity index (χ4n) is 20.0. The van der Waals surface area contributed by atoms with E-state index in [0.29, 0.717) is 62.6 Å². The molecule has 12 aromatic carbocycles. The van der Waals surface area contributed by atoms with Gasteiger partial charge in [0.05, 0.1) is 65.7 Å². The van der Waals surface area contributed by atoms with E-state index in [1.165, 1.54) is 70.9 Å². The topological polar surface area (TPSA) is 23.3 Å². The Kier molecular flexibility index (Phi) is 31.3. The predicted molar refractivity (Wildman–Crippen MR) is 569 cm³/mol. The largest absolute Gasteiger partial charge is 0.223 e. The smallest absolute Gasteiger partial charge is 0.206 e. The van der Waals surface area contributed by atoms with Crippen LogP contribution in [0.4, 0.5) is 26.3 Å². The van der Waals surface area contributed by atoms with Gasteiger partial charge in [0.25, 0.3) is 0 Å². The Morgan fingerprint density at radius 3 is 0.942 bits per heavy atom. The quantitative estimate of drug-likeness (QED) is 0.0962. The van der Waals surface area contributed by atoms with Gasteiger partial charge in [-0.25, -0.2) is 53.7 Å². The Morgan fingerprint density at radius 2 is 0.511 bits per heavy atom. The van der Waals surface area contributed by atoms with E-state index in [9.17, 15) is 26.3 Å². The van der Waals surface area contributed by atoms with Crippen molar-refractivity contribution < 1.29 is 53.7 Å². The van der Waals surface area contributed by atoms with E-state index < -0.39 is 0 Å². The molecule has 6 aromatic heterocycles. The lowest BCUT2D eigenvalue weighted by atomic mass is 9.91. The molecule has 0 aliphatic heterocycles. The normalized spacial score (nSPS) is 11.4. The summed E-state index contributed by atoms with van der Waals surface area (Å²) in [5, 5.41) is 14.3. The van der Waals surface area contributed by atoms with Crippen molar-refractivity contribution in [3.8, 4) is 67.5 Å². The number of nitrogens with zero attached hydrogens (tertiary/aromatic N) is 6. The number of fused-ring (bicyclic) bond motifs is 6. The Labute approximate surface area is 821 Å². The number of aryl methyl sites for hydroxylation is 15. The van der Waals surface area contributed by atoms with E-state index in [1.54, 1.807) is 0 Å². The second kappa shape index (κ2) is 42.2. The third kappa shape index (κ3) is 20.5.